The quantitative estimate of drug-likeness (QED) is 0.133. The highest BCUT2D eigenvalue weighted by Crippen LogP contribution is 2.34. The first kappa shape index (κ1) is 24.9. The molecule has 0 radical (unpaired) electrons. The van der Waals surface area contributed by atoms with Crippen LogP contribution >= 0.6 is 23.2 Å². The van der Waals surface area contributed by atoms with Crippen LogP contribution in [0.1, 0.15) is 0 Å². The zero-order valence-corrected chi connectivity index (χ0v) is 19.0. The Morgan fingerprint density at radius 3 is 2.56 bits per heavy atom. The van der Waals surface area contributed by atoms with Crippen LogP contribution in [0.15, 0.2) is 42.5 Å². The van der Waals surface area contributed by atoms with Gasteiger partial charge < -0.3 is 25.3 Å². The number of hydrogen-bond acceptors (Lipinski definition) is 11. The van der Waals surface area contributed by atoms with Gasteiger partial charge in [-0.2, -0.15) is 4.98 Å². The van der Waals surface area contributed by atoms with Crippen LogP contribution in [0.5, 0.6) is 5.75 Å². The molecule has 0 bridgehead atoms. The van der Waals surface area contributed by atoms with Gasteiger partial charge in [0.1, 0.15) is 18.1 Å². The molecule has 1 aromatic heterocycles. The molecular weight excluding hydrogens is 491 g/mol. The van der Waals surface area contributed by atoms with E-state index in [-0.39, 0.29) is 43.0 Å². The van der Waals surface area contributed by atoms with Crippen LogP contribution in [0.3, 0.4) is 0 Å². The van der Waals surface area contributed by atoms with E-state index in [1.165, 1.54) is 24.3 Å². The number of nitrogens with zero attached hydrogens (tertiary/aromatic N) is 4. The Labute approximate surface area is 203 Å². The number of benzene rings is 2. The minimum atomic E-state index is -0.953. The molecule has 0 aliphatic heterocycles. The molecule has 1 heterocycles. The summed E-state index contributed by atoms with van der Waals surface area (Å²) >= 11 is 12.2. The number of aromatic nitrogens is 3. The molecule has 12 nitrogen and oxygen atoms in total. The van der Waals surface area contributed by atoms with Gasteiger partial charge in [-0.25, -0.2) is 4.79 Å². The van der Waals surface area contributed by atoms with Crippen LogP contribution in [0.4, 0.5) is 22.2 Å². The molecule has 2 aromatic carbocycles. The van der Waals surface area contributed by atoms with Crippen molar-refractivity contribution >= 4 is 46.8 Å². The van der Waals surface area contributed by atoms with Crippen molar-refractivity contribution in [1.29, 1.82) is 0 Å². The van der Waals surface area contributed by atoms with Crippen LogP contribution < -0.4 is 15.8 Å². The van der Waals surface area contributed by atoms with Crippen molar-refractivity contribution in [3.8, 4) is 17.0 Å². The van der Waals surface area contributed by atoms with Gasteiger partial charge in [-0.3, -0.25) is 10.1 Å². The second-order valence-corrected chi connectivity index (χ2v) is 7.25. The minimum absolute atomic E-state index is 0.0497. The van der Waals surface area contributed by atoms with Gasteiger partial charge in [0.25, 0.3) is 5.69 Å². The van der Waals surface area contributed by atoms with Gasteiger partial charge in [-0.05, 0) is 18.2 Å². The van der Waals surface area contributed by atoms with E-state index in [0.717, 1.165) is 0 Å². The average molecular weight is 509 g/mol. The summed E-state index contributed by atoms with van der Waals surface area (Å²) in [6, 6.07) is 10.1. The highest BCUT2D eigenvalue weighted by atomic mass is 35.5. The van der Waals surface area contributed by atoms with Crippen molar-refractivity contribution in [1.82, 2.24) is 15.2 Å². The standard InChI is InChI=1S/C20H18Cl2N6O6/c21-15-3-1-2-14(16(15)22)17-18(23)25-19(27-26-17)24-8-9-32-10-11-33-20(29)34-13-6-4-12(5-7-13)28(30)31/h1-7H,8-11H2,(H3,23,24,25,27). The average Bonchev–Trinajstić information content (AvgIpc) is 2.81. The van der Waals surface area contributed by atoms with E-state index in [1.54, 1.807) is 18.2 Å². The number of halogens is 2. The van der Waals surface area contributed by atoms with Crippen molar-refractivity contribution in [3.05, 3.63) is 62.6 Å². The monoisotopic (exact) mass is 508 g/mol. The lowest BCUT2D eigenvalue weighted by atomic mass is 10.1. The molecule has 0 fully saturated rings. The van der Waals surface area contributed by atoms with Gasteiger partial charge in [0.05, 0.1) is 28.2 Å². The van der Waals surface area contributed by atoms with Crippen LogP contribution in [-0.4, -0.2) is 52.6 Å². The molecule has 3 rings (SSSR count). The molecule has 0 unspecified atom stereocenters. The fourth-order valence-electron chi connectivity index (χ4n) is 2.57. The lowest BCUT2D eigenvalue weighted by molar-refractivity contribution is -0.384. The first-order chi connectivity index (χ1) is 16.3. The van der Waals surface area contributed by atoms with Crippen LogP contribution in [0, 0.1) is 10.1 Å². The summed E-state index contributed by atoms with van der Waals surface area (Å²) in [5.41, 5.74) is 6.69. The van der Waals surface area contributed by atoms with E-state index in [1.807, 2.05) is 0 Å². The van der Waals surface area contributed by atoms with Crippen LogP contribution in [-0.2, 0) is 9.47 Å². The number of nitro groups is 1. The summed E-state index contributed by atoms with van der Waals surface area (Å²) in [4.78, 5) is 25.8. The Morgan fingerprint density at radius 2 is 1.85 bits per heavy atom. The number of carbonyl (C=O) groups is 1. The Hall–Kier alpha value is -3.74. The van der Waals surface area contributed by atoms with Gasteiger partial charge in [0, 0.05) is 24.2 Å². The molecule has 14 heteroatoms. The molecule has 3 aromatic rings. The van der Waals surface area contributed by atoms with Crippen molar-refractivity contribution < 1.29 is 23.9 Å². The predicted molar refractivity (Wildman–Crippen MR) is 124 cm³/mol. The number of nitrogens with two attached hydrogens (primary N) is 1. The number of hydrogen-bond donors (Lipinski definition) is 2. The van der Waals surface area contributed by atoms with E-state index < -0.39 is 11.1 Å². The summed E-state index contributed by atoms with van der Waals surface area (Å²) in [7, 11) is 0. The number of nitrogens with one attached hydrogen (secondary N) is 1. The van der Waals surface area contributed by atoms with Crippen LogP contribution in [0.25, 0.3) is 11.3 Å². The molecule has 0 spiro atoms. The molecule has 0 saturated carbocycles. The van der Waals surface area contributed by atoms with Gasteiger partial charge in [0.2, 0.25) is 5.95 Å². The highest BCUT2D eigenvalue weighted by Gasteiger charge is 2.14. The molecule has 0 aliphatic rings. The third kappa shape index (κ3) is 6.88. The fourth-order valence-corrected chi connectivity index (χ4v) is 2.96. The van der Waals surface area contributed by atoms with Crippen molar-refractivity contribution in [3.63, 3.8) is 0 Å². The first-order valence-corrected chi connectivity index (χ1v) is 10.5. The number of ether oxygens (including phenoxy) is 3. The second-order valence-electron chi connectivity index (χ2n) is 6.46. The molecule has 34 heavy (non-hydrogen) atoms. The summed E-state index contributed by atoms with van der Waals surface area (Å²) in [5.74, 6) is 0.450. The predicted octanol–water partition coefficient (Wildman–Crippen LogP) is 3.98. The third-order valence-electron chi connectivity index (χ3n) is 4.15. The Balaban J connectivity index is 1.34. The smallest absolute Gasteiger partial charge is 0.432 e. The van der Waals surface area contributed by atoms with Crippen molar-refractivity contribution in [2.75, 3.05) is 37.4 Å². The lowest BCUT2D eigenvalue weighted by Gasteiger charge is -2.09. The van der Waals surface area contributed by atoms with Gasteiger partial charge >= 0.3 is 6.16 Å². The van der Waals surface area contributed by atoms with E-state index >= 15 is 0 Å². The molecule has 0 amide bonds. The number of anilines is 2. The summed E-state index contributed by atoms with van der Waals surface area (Å²) < 4.78 is 15.1. The topological polar surface area (TPSA) is 165 Å². The zero-order chi connectivity index (χ0) is 24.5. The first-order valence-electron chi connectivity index (χ1n) is 9.70. The summed E-state index contributed by atoms with van der Waals surface area (Å²) in [6.45, 7) is 0.661. The third-order valence-corrected chi connectivity index (χ3v) is 4.97. The molecule has 0 atom stereocenters. The number of nitro benzene ring substituents is 1. The van der Waals surface area contributed by atoms with E-state index in [0.29, 0.717) is 27.8 Å². The number of carbonyl (C=O) groups excluding carboxylic acids is 1. The van der Waals surface area contributed by atoms with E-state index in [2.05, 4.69) is 20.5 Å². The molecule has 178 valence electrons. The normalized spacial score (nSPS) is 10.5. The zero-order valence-electron chi connectivity index (χ0n) is 17.4. The lowest BCUT2D eigenvalue weighted by Crippen LogP contribution is -2.17. The second kappa shape index (κ2) is 11.9. The molecular formula is C20H18Cl2N6O6. The SMILES string of the molecule is Nc1nc(NCCOCCOC(=O)Oc2ccc([N+](=O)[O-])cc2)nnc1-c1cccc(Cl)c1Cl. The molecule has 0 saturated heterocycles. The van der Waals surface area contributed by atoms with Gasteiger partial charge in [-0.1, -0.05) is 35.3 Å². The number of rotatable bonds is 10. The van der Waals surface area contributed by atoms with Gasteiger partial charge in [-0.15, -0.1) is 10.2 Å². The van der Waals surface area contributed by atoms with Crippen molar-refractivity contribution in [2.45, 2.75) is 0 Å². The Kier molecular flexibility index (Phi) is 8.73. The molecule has 3 N–H and O–H groups in total. The maximum absolute atomic E-state index is 11.6. The number of non-ortho nitro benzene ring substituents is 1. The van der Waals surface area contributed by atoms with E-state index in [4.69, 9.17) is 43.1 Å². The number of nitrogen functional groups attached to an aromatic ring is 1. The maximum Gasteiger partial charge on any atom is 0.513 e. The van der Waals surface area contributed by atoms with Crippen molar-refractivity contribution in [2.24, 2.45) is 0 Å². The summed E-state index contributed by atoms with van der Waals surface area (Å²) in [6.07, 6.45) is -0.953. The summed E-state index contributed by atoms with van der Waals surface area (Å²) in [5, 5.41) is 22.2. The fraction of sp³-hybridized carbons (Fsp3) is 0.200. The molecule has 0 aliphatic carbocycles. The van der Waals surface area contributed by atoms with Gasteiger partial charge in [0.15, 0.2) is 5.82 Å². The van der Waals surface area contributed by atoms with Crippen LogP contribution in [0.2, 0.25) is 10.0 Å². The highest BCUT2D eigenvalue weighted by molar-refractivity contribution is 6.43. The Morgan fingerprint density at radius 1 is 1.09 bits per heavy atom. The maximum atomic E-state index is 11.6. The van der Waals surface area contributed by atoms with E-state index in [9.17, 15) is 14.9 Å². The Bertz CT molecular complexity index is 1160. The minimum Gasteiger partial charge on any atom is -0.432 e. The largest absolute Gasteiger partial charge is 0.513 e.